The Hall–Kier alpha value is -5.53. The molecule has 5 heterocycles. The molecule has 0 aliphatic carbocycles. The van der Waals surface area contributed by atoms with Gasteiger partial charge in [0.25, 0.3) is 0 Å². The second kappa shape index (κ2) is 22.8. The van der Waals surface area contributed by atoms with E-state index in [4.69, 9.17) is 38.4 Å². The minimum Gasteiger partial charge on any atom is -0.490 e. The van der Waals surface area contributed by atoms with Crippen LogP contribution in [0, 0.1) is 11.8 Å². The van der Waals surface area contributed by atoms with E-state index < -0.39 is 24.6 Å². The first kappa shape index (κ1) is 48.4. The third-order valence-electron chi connectivity index (χ3n) is 12.4. The normalized spacial score (nSPS) is 20.0. The summed E-state index contributed by atoms with van der Waals surface area (Å²) in [5.41, 5.74) is 4.89. The van der Waals surface area contributed by atoms with Gasteiger partial charge in [-0.25, -0.2) is 14.8 Å². The van der Waals surface area contributed by atoms with E-state index >= 15 is 0 Å². The molecule has 7 rings (SSSR count). The lowest BCUT2D eigenvalue weighted by molar-refractivity contribution is -0.145. The summed E-state index contributed by atoms with van der Waals surface area (Å²) >= 11 is 0. The van der Waals surface area contributed by atoms with Crippen molar-refractivity contribution in [1.82, 2.24) is 40.4 Å². The van der Waals surface area contributed by atoms with Crippen LogP contribution >= 0.6 is 0 Å². The van der Waals surface area contributed by atoms with Crippen molar-refractivity contribution in [2.45, 2.75) is 96.8 Å². The van der Waals surface area contributed by atoms with Crippen molar-refractivity contribution >= 4 is 17.9 Å². The van der Waals surface area contributed by atoms with Gasteiger partial charge < -0.3 is 58.6 Å². The molecule has 2 aromatic heterocycles. The Labute approximate surface area is 386 Å². The highest BCUT2D eigenvalue weighted by atomic mass is 16.6. The van der Waals surface area contributed by atoms with E-state index in [0.29, 0.717) is 75.9 Å². The molecule has 3 aliphatic heterocycles. The molecule has 0 radical (unpaired) electrons. The highest BCUT2D eigenvalue weighted by Gasteiger charge is 2.39. The molecule has 66 heavy (non-hydrogen) atoms. The van der Waals surface area contributed by atoms with Crippen molar-refractivity contribution in [2.75, 3.05) is 67.0 Å². The summed E-state index contributed by atoms with van der Waals surface area (Å²) < 4.78 is 34.6. The number of fused-ring (bicyclic) bond motifs is 5. The molecule has 2 saturated heterocycles. The molecule has 18 heteroatoms. The third kappa shape index (κ3) is 11.5. The smallest absolute Gasteiger partial charge is 0.407 e. The number of amides is 3. The molecule has 3 aliphatic rings. The van der Waals surface area contributed by atoms with Crippen molar-refractivity contribution in [3.05, 3.63) is 60.4 Å². The number of nitrogens with one attached hydrogen (secondary N) is 4. The lowest BCUT2D eigenvalue weighted by atomic mass is 9.99. The van der Waals surface area contributed by atoms with E-state index in [1.54, 1.807) is 17.3 Å². The number of rotatable bonds is 12. The van der Waals surface area contributed by atoms with Crippen LogP contribution in [0.25, 0.3) is 33.6 Å². The highest BCUT2D eigenvalue weighted by Crippen LogP contribution is 2.40. The first-order valence-corrected chi connectivity index (χ1v) is 23.2. The van der Waals surface area contributed by atoms with E-state index in [9.17, 15) is 19.5 Å². The fraction of sp³-hybridized carbons (Fsp3) is 0.562. The molecule has 4 aromatic rings. The number of aromatic amines is 2. The van der Waals surface area contributed by atoms with Crippen molar-refractivity contribution in [3.63, 3.8) is 0 Å². The van der Waals surface area contributed by atoms with Gasteiger partial charge in [-0.05, 0) is 85.8 Å². The van der Waals surface area contributed by atoms with Crippen molar-refractivity contribution in [1.29, 1.82) is 0 Å². The summed E-state index contributed by atoms with van der Waals surface area (Å²) in [7, 11) is 2.67. The van der Waals surface area contributed by atoms with Gasteiger partial charge >= 0.3 is 6.09 Å². The number of ether oxygens (including phenoxy) is 6. The van der Waals surface area contributed by atoms with Crippen LogP contribution in [0.4, 0.5) is 4.79 Å². The number of nitrogens with zero attached hydrogens (tertiary/aromatic N) is 4. The number of imidazole rings is 2. The number of benzene rings is 2. The maximum Gasteiger partial charge on any atom is 0.407 e. The number of hydrogen-bond donors (Lipinski definition) is 5. The van der Waals surface area contributed by atoms with Crippen LogP contribution in [0.1, 0.15) is 90.0 Å². The summed E-state index contributed by atoms with van der Waals surface area (Å²) in [5, 5.41) is 15.8. The summed E-state index contributed by atoms with van der Waals surface area (Å²) in [5.74, 6) is 2.08. The Morgan fingerprint density at radius 2 is 1.18 bits per heavy atom. The molecular weight excluding hydrogens is 849 g/mol. The summed E-state index contributed by atoms with van der Waals surface area (Å²) in [6.07, 6.45) is 6.43. The molecule has 3 amide bonds. The van der Waals surface area contributed by atoms with Crippen molar-refractivity contribution < 1.29 is 47.9 Å². The number of hydrogen-bond acceptors (Lipinski definition) is 13. The van der Waals surface area contributed by atoms with Crippen LogP contribution in [0.15, 0.2) is 48.8 Å². The van der Waals surface area contributed by atoms with E-state index in [0.717, 1.165) is 72.2 Å². The van der Waals surface area contributed by atoms with Gasteiger partial charge in [-0.2, -0.15) is 0 Å². The van der Waals surface area contributed by atoms with Crippen molar-refractivity contribution in [3.8, 4) is 45.1 Å². The number of alkyl carbamates (subject to hydrolysis) is 1. The summed E-state index contributed by atoms with van der Waals surface area (Å²) in [4.78, 5) is 60.0. The van der Waals surface area contributed by atoms with Crippen LogP contribution < -0.4 is 20.1 Å². The van der Waals surface area contributed by atoms with Gasteiger partial charge in [-0.1, -0.05) is 39.8 Å². The van der Waals surface area contributed by atoms with Gasteiger partial charge in [-0.15, -0.1) is 0 Å². The minimum atomic E-state index is -1.26. The van der Waals surface area contributed by atoms with Gasteiger partial charge in [0.15, 0.2) is 0 Å². The first-order chi connectivity index (χ1) is 32.0. The Kier molecular flexibility index (Phi) is 16.7. The Morgan fingerprint density at radius 3 is 1.64 bits per heavy atom. The van der Waals surface area contributed by atoms with Gasteiger partial charge in [0.2, 0.25) is 18.2 Å². The van der Waals surface area contributed by atoms with Crippen LogP contribution in [-0.2, 0) is 28.5 Å². The monoisotopic (exact) mass is 914 g/mol. The molecule has 1 unspecified atom stereocenters. The zero-order valence-electron chi connectivity index (χ0n) is 39.0. The second-order valence-electron chi connectivity index (χ2n) is 17.6. The molecule has 18 nitrogen and oxygen atoms in total. The third-order valence-corrected chi connectivity index (χ3v) is 12.4. The highest BCUT2D eigenvalue weighted by molar-refractivity contribution is 5.86. The van der Waals surface area contributed by atoms with Crippen LogP contribution in [0.2, 0.25) is 0 Å². The lowest BCUT2D eigenvalue weighted by Crippen LogP contribution is -2.52. The zero-order valence-corrected chi connectivity index (χ0v) is 39.0. The predicted molar refractivity (Wildman–Crippen MR) is 245 cm³/mol. The first-order valence-electron chi connectivity index (χ1n) is 23.2. The Balaban J connectivity index is 1.16. The standard InChI is InChI=1S/C48H66N8O10/c1-29(2)41(53-47(59)61-5)45(57)55-17-9-11-37(55)43-49-27-35(51-43)33-15-13-31-25-39(33)65-23-21-63-19-7-8-20-64-22-24-66-40-26-32(31)14-16-34(40)36-28-50-44(52-36)38-12-10-18-56(38)46(58)42(30(3)4)54-48(60)62-6/h13-16,25-30,37-38,41-42,47,53,59H,7-12,17-24H2,1-6H3,(H,49,51)(H,50,52)(H,54,60)/t37-,38-,41-,42-,47?/m0/s1. The second-order valence-corrected chi connectivity index (χ2v) is 17.6. The molecule has 2 fully saturated rings. The quantitative estimate of drug-likeness (QED) is 0.104. The number of aromatic nitrogens is 4. The predicted octanol–water partition coefficient (Wildman–Crippen LogP) is 5.96. The number of H-pyrrole nitrogens is 2. The molecule has 2 aromatic carbocycles. The fourth-order valence-electron chi connectivity index (χ4n) is 8.86. The Morgan fingerprint density at radius 1 is 0.697 bits per heavy atom. The number of carbonyl (C=O) groups is 3. The fourth-order valence-corrected chi connectivity index (χ4v) is 8.86. The number of aliphatic hydroxyl groups is 1. The zero-order chi connectivity index (χ0) is 46.7. The lowest BCUT2D eigenvalue weighted by Gasteiger charge is -2.31. The number of aliphatic hydroxyl groups excluding tert-OH is 1. The average molecular weight is 915 g/mol. The summed E-state index contributed by atoms with van der Waals surface area (Å²) in [6, 6.07) is 10.1. The van der Waals surface area contributed by atoms with Gasteiger partial charge in [0, 0.05) is 44.5 Å². The van der Waals surface area contributed by atoms with Crippen LogP contribution in [0.3, 0.4) is 0 Å². The van der Waals surface area contributed by atoms with E-state index in [1.807, 2.05) is 69.0 Å². The molecule has 5 N–H and O–H groups in total. The molecule has 5 atom stereocenters. The minimum absolute atomic E-state index is 0.0876. The van der Waals surface area contributed by atoms with E-state index in [2.05, 4.69) is 20.6 Å². The van der Waals surface area contributed by atoms with E-state index in [-0.39, 0.29) is 35.7 Å². The number of methoxy groups -OCH3 is 2. The summed E-state index contributed by atoms with van der Waals surface area (Å²) in [6.45, 7) is 11.4. The van der Waals surface area contributed by atoms with E-state index in [1.165, 1.54) is 14.2 Å². The molecular formula is C48H66N8O10. The maximum atomic E-state index is 13.9. The SMILES string of the molecule is COC(=O)N[C@H](C(=O)N1CCC[C@H]1c1ncc(-c2ccc3cc2OCCOCCCCOCCOc2cc-3ccc2-c2cnc([C@@H]3CCCN3C(=O)[C@@H](NC(O)OC)C(C)C)[nH]2)[nH]1)C(C)C. The molecule has 358 valence electrons. The molecule has 0 spiro atoms. The van der Waals surface area contributed by atoms with Crippen LogP contribution in [0.5, 0.6) is 11.5 Å². The largest absolute Gasteiger partial charge is 0.490 e. The van der Waals surface area contributed by atoms with Gasteiger partial charge in [-0.3, -0.25) is 14.9 Å². The average Bonchev–Trinajstić information content (AvgIpc) is 4.17. The van der Waals surface area contributed by atoms with Gasteiger partial charge in [0.1, 0.15) is 42.4 Å². The molecule has 4 bridgehead atoms. The topological polar surface area (TPSA) is 215 Å². The van der Waals surface area contributed by atoms with Crippen LogP contribution in [-0.4, -0.2) is 138 Å². The van der Waals surface area contributed by atoms with Gasteiger partial charge in [0.05, 0.1) is 62.2 Å². The number of likely N-dealkylation sites (tertiary alicyclic amines) is 2. The van der Waals surface area contributed by atoms with Crippen molar-refractivity contribution in [2.24, 2.45) is 11.8 Å². The number of carbonyl (C=O) groups excluding carboxylic acids is 3. The molecule has 0 saturated carbocycles. The maximum absolute atomic E-state index is 13.9. The Bertz CT molecular complexity index is 2250.